The van der Waals surface area contributed by atoms with E-state index in [0.29, 0.717) is 12.8 Å². The Morgan fingerprint density at radius 2 is 1.82 bits per heavy atom. The van der Waals surface area contributed by atoms with Gasteiger partial charge in [-0.2, -0.15) is 0 Å². The predicted octanol–water partition coefficient (Wildman–Crippen LogP) is 0.805. The van der Waals surface area contributed by atoms with Gasteiger partial charge in [-0.15, -0.1) is 0 Å². The summed E-state index contributed by atoms with van der Waals surface area (Å²) in [7, 11) is 0. The van der Waals surface area contributed by atoms with Crippen molar-refractivity contribution in [3.05, 3.63) is 11.6 Å². The van der Waals surface area contributed by atoms with E-state index in [-0.39, 0.29) is 43.5 Å². The molecule has 4 aliphatic carbocycles. The van der Waals surface area contributed by atoms with Crippen LogP contribution in [0.5, 0.6) is 0 Å². The molecule has 2 saturated heterocycles. The van der Waals surface area contributed by atoms with Crippen molar-refractivity contribution in [1.82, 2.24) is 0 Å². The second-order valence-corrected chi connectivity index (χ2v) is 14.1. The van der Waals surface area contributed by atoms with E-state index in [1.165, 1.54) is 6.08 Å². The van der Waals surface area contributed by atoms with Crippen molar-refractivity contribution in [1.29, 1.82) is 0 Å². The minimum Gasteiger partial charge on any atom is -0.394 e. The van der Waals surface area contributed by atoms with Crippen LogP contribution >= 0.6 is 0 Å². The molecule has 0 aromatic carbocycles. The molecule has 3 unspecified atom stereocenters. The van der Waals surface area contributed by atoms with Crippen molar-refractivity contribution in [3.63, 3.8) is 0 Å². The van der Waals surface area contributed by atoms with Crippen LogP contribution < -0.4 is 0 Å². The number of alkyl halides is 2. The number of ketones is 2. The largest absolute Gasteiger partial charge is 0.394 e. The zero-order valence-electron chi connectivity index (χ0n) is 25.2. The Morgan fingerprint density at radius 3 is 2.50 bits per heavy atom. The second kappa shape index (κ2) is 11.1. The molecule has 0 spiro atoms. The number of rotatable bonds is 7. The fourth-order valence-corrected chi connectivity index (χ4v) is 9.71. The second-order valence-electron chi connectivity index (χ2n) is 14.1. The number of allylic oxidation sites excluding steroid dienone is 1. The number of ether oxygens (including phenoxy) is 4. The van der Waals surface area contributed by atoms with Crippen LogP contribution in [0.3, 0.4) is 0 Å². The Morgan fingerprint density at radius 1 is 1.09 bits per heavy atom. The molecule has 0 bridgehead atoms. The zero-order chi connectivity index (χ0) is 32.0. The average Bonchev–Trinajstić information content (AvgIpc) is 3.46. The zero-order valence-corrected chi connectivity index (χ0v) is 25.2. The molecule has 6 aliphatic rings. The summed E-state index contributed by atoms with van der Waals surface area (Å²) in [4.78, 5) is 26.5. The Labute approximate surface area is 254 Å². The highest BCUT2D eigenvalue weighted by atomic mass is 19.1. The van der Waals surface area contributed by atoms with E-state index < -0.39 is 108 Å². The molecular weight excluding hydrogens is 586 g/mol. The number of hydrogen-bond acceptors (Lipinski definition) is 11. The normalized spacial score (nSPS) is 53.4. The van der Waals surface area contributed by atoms with Crippen LogP contribution in [-0.4, -0.2) is 117 Å². The summed E-state index contributed by atoms with van der Waals surface area (Å²) in [6, 6.07) is 0. The summed E-state index contributed by atoms with van der Waals surface area (Å²) in [5.41, 5.74) is -6.50. The van der Waals surface area contributed by atoms with Gasteiger partial charge in [-0.1, -0.05) is 27.2 Å². The lowest BCUT2D eigenvalue weighted by atomic mass is 9.43. The average molecular weight is 631 g/mol. The molecule has 0 radical (unpaired) electrons. The molecule has 11 nitrogen and oxygen atoms in total. The maximum atomic E-state index is 17.6. The van der Waals surface area contributed by atoms with Crippen molar-refractivity contribution in [2.45, 2.75) is 132 Å². The molecule has 44 heavy (non-hydrogen) atoms. The summed E-state index contributed by atoms with van der Waals surface area (Å²) >= 11 is 0. The van der Waals surface area contributed by atoms with E-state index in [4.69, 9.17) is 18.9 Å². The lowest BCUT2D eigenvalue weighted by molar-refractivity contribution is -0.300. The smallest absolute Gasteiger partial charge is 0.193 e. The lowest BCUT2D eigenvalue weighted by Gasteiger charge is -2.64. The molecule has 0 aromatic heterocycles. The highest BCUT2D eigenvalue weighted by Crippen LogP contribution is 2.72. The maximum absolute atomic E-state index is 17.6. The van der Waals surface area contributed by atoms with Crippen molar-refractivity contribution in [3.8, 4) is 0 Å². The van der Waals surface area contributed by atoms with E-state index in [1.807, 2.05) is 6.92 Å². The maximum Gasteiger partial charge on any atom is 0.193 e. The Bertz CT molecular complexity index is 1200. The first-order valence-corrected chi connectivity index (χ1v) is 15.7. The van der Waals surface area contributed by atoms with Gasteiger partial charge in [-0.3, -0.25) is 9.59 Å². The number of halogens is 2. The Balaban J connectivity index is 1.33. The van der Waals surface area contributed by atoms with Crippen LogP contribution in [0.25, 0.3) is 0 Å². The molecule has 0 amide bonds. The number of aliphatic hydroxyl groups excluding tert-OH is 5. The monoisotopic (exact) mass is 630 g/mol. The van der Waals surface area contributed by atoms with E-state index in [9.17, 15) is 35.1 Å². The van der Waals surface area contributed by atoms with Crippen LogP contribution in [0.15, 0.2) is 11.6 Å². The van der Waals surface area contributed by atoms with Crippen LogP contribution in [0.4, 0.5) is 8.78 Å². The molecular formula is C31H44F2O11. The molecule has 5 fully saturated rings. The van der Waals surface area contributed by atoms with Crippen LogP contribution in [0.2, 0.25) is 0 Å². The number of Topliss-reactive ketones (excluding diaryl/α,β-unsaturated/α-hetero) is 1. The standard InChI is InChI=1S/C31H44F2O11/c1-4-5-23-43-22-10-15-16-9-18(32)17-8-14(35)6-7-28(17,2)30(16,33)20(36)11-29(15,3)31(22,44-23)21(37)13-41-27-26(40)25(39)24(38)19(12-34)42-27/h8,15-16,18-20,22-27,34,36,38-40H,4-7,9-13H2,1-3H3/t15?,16?,18-,19-,20-,22+,23?,24-,25+,26-,27-,28+,29+,30-,31-/m1/s1. The summed E-state index contributed by atoms with van der Waals surface area (Å²) in [5.74, 6) is -2.50. The quantitative estimate of drug-likeness (QED) is 0.270. The van der Waals surface area contributed by atoms with Crippen molar-refractivity contribution >= 4 is 11.6 Å². The molecule has 0 aromatic rings. The molecule has 13 heteroatoms. The first-order valence-electron chi connectivity index (χ1n) is 15.7. The van der Waals surface area contributed by atoms with E-state index in [1.54, 1.807) is 13.8 Å². The summed E-state index contributed by atoms with van der Waals surface area (Å²) < 4.78 is 57.3. The molecule has 6 rings (SSSR count). The fraction of sp³-hybridized carbons (Fsp3) is 0.871. The molecule has 2 aliphatic heterocycles. The lowest BCUT2D eigenvalue weighted by Crippen LogP contribution is -2.71. The van der Waals surface area contributed by atoms with Crippen molar-refractivity contribution in [2.24, 2.45) is 22.7 Å². The van der Waals surface area contributed by atoms with Gasteiger partial charge in [0, 0.05) is 23.2 Å². The van der Waals surface area contributed by atoms with Crippen LogP contribution in [0.1, 0.15) is 65.7 Å². The Kier molecular flexibility index (Phi) is 8.20. The number of carbonyl (C=O) groups is 2. The van der Waals surface area contributed by atoms with Crippen molar-refractivity contribution in [2.75, 3.05) is 13.2 Å². The van der Waals surface area contributed by atoms with Gasteiger partial charge >= 0.3 is 0 Å². The van der Waals surface area contributed by atoms with Gasteiger partial charge < -0.3 is 44.5 Å². The number of aliphatic hydroxyl groups is 5. The van der Waals surface area contributed by atoms with Gasteiger partial charge in [0.25, 0.3) is 0 Å². The van der Waals surface area contributed by atoms with Gasteiger partial charge in [0.1, 0.15) is 42.9 Å². The van der Waals surface area contributed by atoms with Crippen LogP contribution in [0, 0.1) is 22.7 Å². The SMILES string of the molecule is CCCC1O[C@H]2CC3C4C[C@@H](F)C5=CC(=O)CC[C@]5(C)[C@]4(F)[C@H](O)C[C@]3(C)[C@]2(C(=O)CO[C@@H]2O[C@H](CO)[C@@H](O)[C@H](O)[C@H]2O)O1. The van der Waals surface area contributed by atoms with Crippen LogP contribution in [-0.2, 0) is 28.5 Å². The Hall–Kier alpha value is -1.42. The minimum atomic E-state index is -2.26. The summed E-state index contributed by atoms with van der Waals surface area (Å²) in [5, 5.41) is 52.0. The number of fused-ring (bicyclic) bond motifs is 7. The highest BCUT2D eigenvalue weighted by Gasteiger charge is 2.80. The first kappa shape index (κ1) is 32.5. The third-order valence-electron chi connectivity index (χ3n) is 12.0. The fourth-order valence-electron chi connectivity index (χ4n) is 9.71. The van der Waals surface area contributed by atoms with Gasteiger partial charge in [0.15, 0.2) is 29.7 Å². The summed E-state index contributed by atoms with van der Waals surface area (Å²) in [6.07, 6.45) is -10.5. The molecule has 248 valence electrons. The highest BCUT2D eigenvalue weighted by molar-refractivity contribution is 5.92. The van der Waals surface area contributed by atoms with Gasteiger partial charge in [-0.25, -0.2) is 8.78 Å². The topological polar surface area (TPSA) is 172 Å². The van der Waals surface area contributed by atoms with Gasteiger partial charge in [-0.05, 0) is 49.7 Å². The molecule has 3 saturated carbocycles. The van der Waals surface area contributed by atoms with E-state index >= 15 is 8.78 Å². The molecule has 15 atom stereocenters. The minimum absolute atomic E-state index is 0.0467. The van der Waals surface area contributed by atoms with E-state index in [2.05, 4.69) is 0 Å². The molecule has 2 heterocycles. The third-order valence-corrected chi connectivity index (χ3v) is 12.0. The van der Waals surface area contributed by atoms with Gasteiger partial charge in [0.2, 0.25) is 0 Å². The first-order chi connectivity index (χ1) is 20.7. The number of carbonyl (C=O) groups excluding carboxylic acids is 2. The molecule has 5 N–H and O–H groups in total. The van der Waals surface area contributed by atoms with Crippen molar-refractivity contribution < 1.29 is 62.8 Å². The third kappa shape index (κ3) is 4.23. The van der Waals surface area contributed by atoms with Gasteiger partial charge in [0.05, 0.1) is 18.8 Å². The predicted molar refractivity (Wildman–Crippen MR) is 146 cm³/mol. The summed E-state index contributed by atoms with van der Waals surface area (Å²) in [6.45, 7) is 3.89. The van der Waals surface area contributed by atoms with E-state index in [0.717, 1.165) is 0 Å². The number of hydrogen-bond donors (Lipinski definition) is 5.